The highest BCUT2D eigenvalue weighted by atomic mass is 15.1. The molecule has 62 valence electrons. The summed E-state index contributed by atoms with van der Waals surface area (Å²) in [6, 6.07) is 0. The van der Waals surface area contributed by atoms with E-state index >= 15 is 0 Å². The first-order chi connectivity index (χ1) is 5.07. The Morgan fingerprint density at radius 3 is 2.27 bits per heavy atom. The molecule has 11 heavy (non-hydrogen) atoms. The molecule has 0 aromatic heterocycles. The van der Waals surface area contributed by atoms with Crippen LogP contribution in [-0.4, -0.2) is 19.0 Å². The van der Waals surface area contributed by atoms with Gasteiger partial charge in [0, 0.05) is 25.5 Å². The topological polar surface area (TPSA) is 29.3 Å². The van der Waals surface area contributed by atoms with Crippen LogP contribution < -0.4 is 5.73 Å². The number of nitrogens with two attached hydrogens (primary N) is 1. The van der Waals surface area contributed by atoms with Crippen molar-refractivity contribution in [1.29, 1.82) is 0 Å². The summed E-state index contributed by atoms with van der Waals surface area (Å²) in [5.74, 6) is 0. The second-order valence-corrected chi connectivity index (χ2v) is 2.54. The van der Waals surface area contributed by atoms with Gasteiger partial charge in [0.25, 0.3) is 0 Å². The molecular formula is C9H16N2. The van der Waals surface area contributed by atoms with Gasteiger partial charge in [0.2, 0.25) is 0 Å². The Morgan fingerprint density at radius 1 is 1.45 bits per heavy atom. The summed E-state index contributed by atoms with van der Waals surface area (Å²) in [4.78, 5) is 1.98. The van der Waals surface area contributed by atoms with Crippen LogP contribution in [-0.2, 0) is 0 Å². The highest BCUT2D eigenvalue weighted by Crippen LogP contribution is 2.01. The zero-order valence-electron chi connectivity index (χ0n) is 7.46. The Balaban J connectivity index is 4.46. The molecule has 0 radical (unpaired) electrons. The Morgan fingerprint density at radius 2 is 2.00 bits per heavy atom. The molecule has 0 amide bonds. The number of allylic oxidation sites excluding steroid dienone is 3. The number of likely N-dealkylation sites (N-methyl/N-ethyl adjacent to an activating group) is 1. The molecule has 0 aliphatic carbocycles. The van der Waals surface area contributed by atoms with E-state index in [-0.39, 0.29) is 0 Å². The SMILES string of the molecule is C=C(N)/C=C(\C=C/C)N(C)C. The average Bonchev–Trinajstić information content (AvgIpc) is 1.86. The molecule has 0 aliphatic rings. The molecule has 2 N–H and O–H groups in total. The van der Waals surface area contributed by atoms with Crippen molar-refractivity contribution in [2.75, 3.05) is 14.1 Å². The van der Waals surface area contributed by atoms with Crippen LogP contribution in [0.25, 0.3) is 0 Å². The first-order valence-electron chi connectivity index (χ1n) is 3.54. The predicted octanol–water partition coefficient (Wildman–Crippen LogP) is 1.48. The molecule has 0 atom stereocenters. The highest BCUT2D eigenvalue weighted by molar-refractivity contribution is 5.25. The van der Waals surface area contributed by atoms with Crippen molar-refractivity contribution < 1.29 is 0 Å². The molecule has 0 spiro atoms. The van der Waals surface area contributed by atoms with Crippen molar-refractivity contribution >= 4 is 0 Å². The second-order valence-electron chi connectivity index (χ2n) is 2.54. The third-order valence-corrected chi connectivity index (χ3v) is 1.19. The molecule has 0 saturated carbocycles. The first kappa shape index (κ1) is 9.82. The minimum atomic E-state index is 0.576. The molecule has 0 saturated heterocycles. The molecule has 0 fully saturated rings. The Hall–Kier alpha value is -1.18. The third-order valence-electron chi connectivity index (χ3n) is 1.19. The fourth-order valence-corrected chi connectivity index (χ4v) is 0.687. The van der Waals surface area contributed by atoms with E-state index in [9.17, 15) is 0 Å². The Kier molecular flexibility index (Phi) is 4.11. The van der Waals surface area contributed by atoms with Crippen LogP contribution in [0, 0.1) is 0 Å². The minimum absolute atomic E-state index is 0.576. The van der Waals surface area contributed by atoms with Crippen LogP contribution in [0.5, 0.6) is 0 Å². The van der Waals surface area contributed by atoms with Gasteiger partial charge in [-0.3, -0.25) is 0 Å². The van der Waals surface area contributed by atoms with Gasteiger partial charge in [-0.15, -0.1) is 0 Å². The molecule has 2 nitrogen and oxygen atoms in total. The molecule has 0 aromatic rings. The zero-order chi connectivity index (χ0) is 8.85. The monoisotopic (exact) mass is 152 g/mol. The van der Waals surface area contributed by atoms with Crippen LogP contribution in [0.1, 0.15) is 6.92 Å². The van der Waals surface area contributed by atoms with Gasteiger partial charge < -0.3 is 10.6 Å². The van der Waals surface area contributed by atoms with Crippen molar-refractivity contribution in [3.05, 3.63) is 36.2 Å². The lowest BCUT2D eigenvalue weighted by molar-refractivity contribution is 0.529. The zero-order valence-corrected chi connectivity index (χ0v) is 7.46. The van der Waals surface area contributed by atoms with Crippen molar-refractivity contribution in [3.8, 4) is 0 Å². The maximum absolute atomic E-state index is 5.43. The summed E-state index contributed by atoms with van der Waals surface area (Å²) in [6.45, 7) is 5.57. The fourth-order valence-electron chi connectivity index (χ4n) is 0.687. The van der Waals surface area contributed by atoms with Crippen molar-refractivity contribution in [2.45, 2.75) is 6.92 Å². The summed E-state index contributed by atoms with van der Waals surface area (Å²) < 4.78 is 0. The molecule has 0 rings (SSSR count). The van der Waals surface area contributed by atoms with Crippen molar-refractivity contribution in [3.63, 3.8) is 0 Å². The van der Waals surface area contributed by atoms with E-state index in [0.29, 0.717) is 5.70 Å². The molecular weight excluding hydrogens is 136 g/mol. The van der Waals surface area contributed by atoms with E-state index < -0.39 is 0 Å². The number of rotatable bonds is 3. The van der Waals surface area contributed by atoms with Crippen LogP contribution >= 0.6 is 0 Å². The van der Waals surface area contributed by atoms with E-state index in [2.05, 4.69) is 6.58 Å². The average molecular weight is 152 g/mol. The van der Waals surface area contributed by atoms with E-state index in [1.165, 1.54) is 0 Å². The van der Waals surface area contributed by atoms with Crippen LogP contribution in [0.3, 0.4) is 0 Å². The maximum Gasteiger partial charge on any atom is 0.0378 e. The first-order valence-corrected chi connectivity index (χ1v) is 3.54. The van der Waals surface area contributed by atoms with E-state index in [4.69, 9.17) is 5.73 Å². The third kappa shape index (κ3) is 4.25. The standard InChI is InChI=1S/C9H16N2/c1-5-6-9(11(3)4)7-8(2)10/h5-7H,2,10H2,1,3-4H3/b6-5-,9-7+. The smallest absolute Gasteiger partial charge is 0.0378 e. The van der Waals surface area contributed by atoms with Crippen LogP contribution in [0.2, 0.25) is 0 Å². The number of nitrogens with zero attached hydrogens (tertiary/aromatic N) is 1. The molecule has 0 bridgehead atoms. The van der Waals surface area contributed by atoms with Gasteiger partial charge in [-0.1, -0.05) is 12.7 Å². The van der Waals surface area contributed by atoms with Gasteiger partial charge in [0.15, 0.2) is 0 Å². The van der Waals surface area contributed by atoms with Gasteiger partial charge in [0.1, 0.15) is 0 Å². The molecule has 0 aromatic carbocycles. The number of hydrogen-bond acceptors (Lipinski definition) is 2. The highest BCUT2D eigenvalue weighted by Gasteiger charge is 1.92. The van der Waals surface area contributed by atoms with Gasteiger partial charge >= 0.3 is 0 Å². The summed E-state index contributed by atoms with van der Waals surface area (Å²) in [6.07, 6.45) is 5.78. The van der Waals surface area contributed by atoms with Crippen molar-refractivity contribution in [2.24, 2.45) is 5.73 Å². The lowest BCUT2D eigenvalue weighted by Crippen LogP contribution is -2.10. The largest absolute Gasteiger partial charge is 0.399 e. The second kappa shape index (κ2) is 4.61. The van der Waals surface area contributed by atoms with Gasteiger partial charge in [-0.2, -0.15) is 0 Å². The normalized spacial score (nSPS) is 12.1. The quantitative estimate of drug-likeness (QED) is 0.621. The summed E-state index contributed by atoms with van der Waals surface area (Å²) in [7, 11) is 3.93. The summed E-state index contributed by atoms with van der Waals surface area (Å²) in [5.41, 5.74) is 7.06. The fraction of sp³-hybridized carbons (Fsp3) is 0.333. The Labute approximate surface area is 68.7 Å². The summed E-state index contributed by atoms with van der Waals surface area (Å²) >= 11 is 0. The lowest BCUT2D eigenvalue weighted by atomic mass is 10.3. The maximum atomic E-state index is 5.43. The van der Waals surface area contributed by atoms with Gasteiger partial charge in [-0.25, -0.2) is 0 Å². The van der Waals surface area contributed by atoms with Gasteiger partial charge in [-0.05, 0) is 19.1 Å². The Bertz CT molecular complexity index is 188. The van der Waals surface area contributed by atoms with Crippen LogP contribution in [0.15, 0.2) is 36.2 Å². The minimum Gasteiger partial charge on any atom is -0.399 e. The van der Waals surface area contributed by atoms with E-state index in [1.54, 1.807) is 0 Å². The summed E-state index contributed by atoms with van der Waals surface area (Å²) in [5, 5.41) is 0. The lowest BCUT2D eigenvalue weighted by Gasteiger charge is -2.13. The molecule has 2 heteroatoms. The number of hydrogen-bond donors (Lipinski definition) is 1. The predicted molar refractivity (Wildman–Crippen MR) is 49.9 cm³/mol. The van der Waals surface area contributed by atoms with Crippen LogP contribution in [0.4, 0.5) is 0 Å². The van der Waals surface area contributed by atoms with E-state index in [1.807, 2.05) is 44.1 Å². The van der Waals surface area contributed by atoms with Crippen molar-refractivity contribution in [1.82, 2.24) is 4.90 Å². The van der Waals surface area contributed by atoms with Gasteiger partial charge in [0.05, 0.1) is 0 Å². The molecule has 0 unspecified atom stereocenters. The molecule has 0 heterocycles. The molecule has 0 aliphatic heterocycles. The van der Waals surface area contributed by atoms with E-state index in [0.717, 1.165) is 5.70 Å².